The zero-order valence-electron chi connectivity index (χ0n) is 25.9. The lowest BCUT2D eigenvalue weighted by molar-refractivity contribution is 0.390. The SMILES string of the molecule is C=C/N=C(\C(F)=C(\NCc1ccc(CC(=C)N)cc1)C(C)CC)N(Cc1cccc(C2=C/CCC/C=C/C=C\2)c1)C1CC1. The van der Waals surface area contributed by atoms with Crippen molar-refractivity contribution in [1.29, 1.82) is 0 Å². The van der Waals surface area contributed by atoms with Gasteiger partial charge in [0.15, 0.2) is 11.7 Å². The molecule has 5 heteroatoms. The molecule has 2 aromatic rings. The highest BCUT2D eigenvalue weighted by atomic mass is 19.1. The van der Waals surface area contributed by atoms with Crippen LogP contribution in [0.3, 0.4) is 0 Å². The fourth-order valence-corrected chi connectivity index (χ4v) is 5.29. The Morgan fingerprint density at radius 2 is 1.88 bits per heavy atom. The zero-order chi connectivity index (χ0) is 30.6. The largest absolute Gasteiger partial charge is 0.402 e. The first kappa shape index (κ1) is 31.8. The molecule has 0 bridgehead atoms. The summed E-state index contributed by atoms with van der Waals surface area (Å²) in [7, 11) is 0. The summed E-state index contributed by atoms with van der Waals surface area (Å²) in [6.45, 7) is 12.9. The van der Waals surface area contributed by atoms with Crippen LogP contribution in [-0.4, -0.2) is 16.8 Å². The standard InChI is InChI=1S/C38H47FN4/c1-5-28(3)37(42-26-31-20-18-30(19-21-31)24-29(4)40)36(39)38(41-6-2)43(35-22-23-35)27-32-14-13-17-34(25-32)33-15-11-9-7-8-10-12-16-33/h6-7,9,11,13-21,25,28,35,42H,2,4-5,8,10,12,22-24,26-27,40H2,1,3H3/b9-7+,15-11-,33-16+,37-36-,41-38+. The van der Waals surface area contributed by atoms with Crippen LogP contribution in [0.4, 0.5) is 4.39 Å². The summed E-state index contributed by atoms with van der Waals surface area (Å²) in [5, 5.41) is 3.43. The minimum Gasteiger partial charge on any atom is -0.402 e. The number of amidine groups is 1. The predicted molar refractivity (Wildman–Crippen MR) is 181 cm³/mol. The van der Waals surface area contributed by atoms with E-state index in [0.29, 0.717) is 36.7 Å². The van der Waals surface area contributed by atoms with Gasteiger partial charge in [0.25, 0.3) is 0 Å². The van der Waals surface area contributed by atoms with E-state index in [0.717, 1.165) is 55.2 Å². The van der Waals surface area contributed by atoms with Crippen LogP contribution in [0.1, 0.15) is 74.6 Å². The van der Waals surface area contributed by atoms with E-state index in [1.54, 1.807) is 0 Å². The molecule has 0 aromatic heterocycles. The van der Waals surface area contributed by atoms with Crippen LogP contribution in [0.2, 0.25) is 0 Å². The number of halogens is 1. The average molecular weight is 579 g/mol. The first-order valence-electron chi connectivity index (χ1n) is 15.6. The number of nitrogens with one attached hydrogen (secondary N) is 1. The maximum absolute atomic E-state index is 16.6. The van der Waals surface area contributed by atoms with Gasteiger partial charge >= 0.3 is 0 Å². The second kappa shape index (κ2) is 15.9. The van der Waals surface area contributed by atoms with Gasteiger partial charge in [-0.2, -0.15) is 0 Å². The van der Waals surface area contributed by atoms with Gasteiger partial charge in [0.1, 0.15) is 0 Å². The summed E-state index contributed by atoms with van der Waals surface area (Å²) in [4.78, 5) is 6.67. The van der Waals surface area contributed by atoms with Crippen molar-refractivity contribution in [1.82, 2.24) is 10.2 Å². The van der Waals surface area contributed by atoms with Gasteiger partial charge < -0.3 is 16.0 Å². The molecule has 43 heavy (non-hydrogen) atoms. The third-order valence-corrected chi connectivity index (χ3v) is 8.02. The van der Waals surface area contributed by atoms with Gasteiger partial charge in [-0.25, -0.2) is 9.38 Å². The highest BCUT2D eigenvalue weighted by Crippen LogP contribution is 2.33. The zero-order valence-corrected chi connectivity index (χ0v) is 25.9. The van der Waals surface area contributed by atoms with Crippen LogP contribution in [0.15, 0.2) is 120 Å². The Bertz CT molecular complexity index is 1410. The Morgan fingerprint density at radius 3 is 2.58 bits per heavy atom. The van der Waals surface area contributed by atoms with E-state index in [1.807, 2.05) is 12.1 Å². The number of benzene rings is 2. The lowest BCUT2D eigenvalue weighted by Gasteiger charge is -2.28. The Kier molecular flexibility index (Phi) is 11.8. The van der Waals surface area contributed by atoms with Crippen LogP contribution in [-0.2, 0) is 19.5 Å². The van der Waals surface area contributed by atoms with Gasteiger partial charge in [-0.3, -0.25) is 0 Å². The van der Waals surface area contributed by atoms with Gasteiger partial charge in [-0.15, -0.1) is 0 Å². The summed E-state index contributed by atoms with van der Waals surface area (Å²) in [6, 6.07) is 17.1. The van der Waals surface area contributed by atoms with Crippen LogP contribution in [0.25, 0.3) is 5.57 Å². The second-order valence-corrected chi connectivity index (χ2v) is 11.6. The predicted octanol–water partition coefficient (Wildman–Crippen LogP) is 8.90. The molecule has 3 N–H and O–H groups in total. The summed E-state index contributed by atoms with van der Waals surface area (Å²) in [6.07, 6.45) is 19.2. The van der Waals surface area contributed by atoms with Gasteiger partial charge in [0, 0.05) is 37.4 Å². The highest BCUT2D eigenvalue weighted by Gasteiger charge is 2.34. The lowest BCUT2D eigenvalue weighted by Crippen LogP contribution is -2.35. The van der Waals surface area contributed by atoms with Crippen molar-refractivity contribution in [2.45, 2.75) is 77.9 Å². The summed E-state index contributed by atoms with van der Waals surface area (Å²) in [5.41, 5.74) is 12.7. The Balaban J connectivity index is 1.59. The van der Waals surface area contributed by atoms with Crippen molar-refractivity contribution in [3.63, 3.8) is 0 Å². The van der Waals surface area contributed by atoms with Gasteiger partial charge in [0.05, 0.1) is 5.70 Å². The molecule has 0 heterocycles. The molecule has 1 fully saturated rings. The molecule has 0 amide bonds. The molecule has 2 aromatic carbocycles. The molecule has 1 saturated carbocycles. The molecule has 4 rings (SSSR count). The molecule has 2 aliphatic carbocycles. The van der Waals surface area contributed by atoms with Crippen molar-refractivity contribution in [2.24, 2.45) is 16.6 Å². The lowest BCUT2D eigenvalue weighted by atomic mass is 10.0. The topological polar surface area (TPSA) is 53.6 Å². The fraction of sp³-hybridized carbons (Fsp3) is 0.342. The molecular weight excluding hydrogens is 531 g/mol. The number of rotatable bonds is 13. The van der Waals surface area contributed by atoms with E-state index in [-0.39, 0.29) is 17.8 Å². The number of nitrogens with zero attached hydrogens (tertiary/aromatic N) is 2. The second-order valence-electron chi connectivity index (χ2n) is 11.6. The van der Waals surface area contributed by atoms with E-state index < -0.39 is 0 Å². The minimum absolute atomic E-state index is 0.00425. The van der Waals surface area contributed by atoms with Crippen molar-refractivity contribution < 1.29 is 4.39 Å². The van der Waals surface area contributed by atoms with Gasteiger partial charge in [-0.1, -0.05) is 99.9 Å². The van der Waals surface area contributed by atoms with Crippen LogP contribution in [0, 0.1) is 5.92 Å². The molecule has 2 aliphatic rings. The molecule has 0 radical (unpaired) electrons. The van der Waals surface area contributed by atoms with E-state index in [2.05, 4.69) is 109 Å². The molecule has 0 saturated heterocycles. The van der Waals surface area contributed by atoms with Crippen LogP contribution >= 0.6 is 0 Å². The Labute approximate surface area is 258 Å². The van der Waals surface area contributed by atoms with E-state index >= 15 is 4.39 Å². The summed E-state index contributed by atoms with van der Waals surface area (Å²) >= 11 is 0. The minimum atomic E-state index is -0.304. The monoisotopic (exact) mass is 578 g/mol. The summed E-state index contributed by atoms with van der Waals surface area (Å²) < 4.78 is 16.6. The maximum Gasteiger partial charge on any atom is 0.184 e. The van der Waals surface area contributed by atoms with Crippen LogP contribution < -0.4 is 11.1 Å². The van der Waals surface area contributed by atoms with Crippen molar-refractivity contribution in [3.05, 3.63) is 138 Å². The van der Waals surface area contributed by atoms with Crippen molar-refractivity contribution in [2.75, 3.05) is 0 Å². The number of nitrogens with two attached hydrogens (primary N) is 1. The molecular formula is C38H47FN4. The number of hydrogen-bond donors (Lipinski definition) is 2. The maximum atomic E-state index is 16.6. The van der Waals surface area contributed by atoms with Crippen molar-refractivity contribution in [3.8, 4) is 0 Å². The van der Waals surface area contributed by atoms with Gasteiger partial charge in [0.2, 0.25) is 0 Å². The normalized spacial score (nSPS) is 19.4. The van der Waals surface area contributed by atoms with E-state index in [4.69, 9.17) is 5.73 Å². The average Bonchev–Trinajstić information content (AvgIpc) is 3.83. The number of aliphatic imine (C=N–C) groups is 1. The first-order chi connectivity index (χ1) is 20.9. The Morgan fingerprint density at radius 1 is 1.12 bits per heavy atom. The van der Waals surface area contributed by atoms with E-state index in [1.165, 1.54) is 17.3 Å². The third kappa shape index (κ3) is 9.44. The first-order valence-corrected chi connectivity index (χ1v) is 15.6. The fourth-order valence-electron chi connectivity index (χ4n) is 5.29. The molecule has 1 atom stereocenters. The highest BCUT2D eigenvalue weighted by molar-refractivity contribution is 5.97. The molecule has 1 unspecified atom stereocenters. The Hall–Kier alpha value is -4.12. The molecule has 0 spiro atoms. The van der Waals surface area contributed by atoms with E-state index in [9.17, 15) is 0 Å². The van der Waals surface area contributed by atoms with Crippen LogP contribution in [0.5, 0.6) is 0 Å². The number of hydrogen-bond acceptors (Lipinski definition) is 3. The molecule has 0 aliphatic heterocycles. The molecule has 4 nitrogen and oxygen atoms in total. The number of allylic oxidation sites excluding steroid dienone is 8. The van der Waals surface area contributed by atoms with Crippen molar-refractivity contribution >= 4 is 11.4 Å². The smallest absolute Gasteiger partial charge is 0.184 e. The quantitative estimate of drug-likeness (QED) is 0.184. The third-order valence-electron chi connectivity index (χ3n) is 8.02. The molecule has 226 valence electrons. The summed E-state index contributed by atoms with van der Waals surface area (Å²) in [5.74, 6) is 0.0478. The van der Waals surface area contributed by atoms with Gasteiger partial charge in [-0.05, 0) is 78.3 Å².